The van der Waals surface area contributed by atoms with Crippen molar-refractivity contribution in [1.29, 1.82) is 0 Å². The van der Waals surface area contributed by atoms with Crippen LogP contribution < -0.4 is 0 Å². The molecule has 13 heavy (non-hydrogen) atoms. The summed E-state index contributed by atoms with van der Waals surface area (Å²) in [5, 5.41) is 0. The fourth-order valence-electron chi connectivity index (χ4n) is 1.00. The molecule has 0 aromatic heterocycles. The Morgan fingerprint density at radius 1 is 1.23 bits per heavy atom. The molecule has 0 saturated heterocycles. The van der Waals surface area contributed by atoms with E-state index in [4.69, 9.17) is 11.6 Å². The van der Waals surface area contributed by atoms with Crippen LogP contribution in [0.3, 0.4) is 0 Å². The van der Waals surface area contributed by atoms with Gasteiger partial charge in [-0.1, -0.05) is 13.0 Å². The number of rotatable bonds is 2. The van der Waals surface area contributed by atoms with E-state index in [0.29, 0.717) is 11.8 Å². The van der Waals surface area contributed by atoms with Crippen molar-refractivity contribution in [3.05, 3.63) is 31.1 Å². The van der Waals surface area contributed by atoms with Gasteiger partial charge in [0.05, 0.1) is 0 Å². The van der Waals surface area contributed by atoms with Crippen molar-refractivity contribution in [3.8, 4) is 0 Å². The third-order valence-corrected chi connectivity index (χ3v) is 5.69. The molecule has 0 aliphatic rings. The molecule has 0 aliphatic heterocycles. The standard InChI is InChI=1S/C9H8Br3Cl/c1-5(4-13)6-2-3-7(10)9(12)8(6)11/h2-3,5H,4H2,1H3. The molecule has 0 amide bonds. The van der Waals surface area contributed by atoms with Gasteiger partial charge in [-0.25, -0.2) is 0 Å². The van der Waals surface area contributed by atoms with Crippen molar-refractivity contribution in [2.45, 2.75) is 12.8 Å². The Balaban J connectivity index is 3.18. The molecule has 0 nitrogen and oxygen atoms in total. The van der Waals surface area contributed by atoms with Gasteiger partial charge in [0, 0.05) is 19.3 Å². The summed E-state index contributed by atoms with van der Waals surface area (Å²) in [4.78, 5) is 0. The maximum Gasteiger partial charge on any atom is 0.0462 e. The maximum absolute atomic E-state index is 5.80. The minimum absolute atomic E-state index is 0.362. The average Bonchev–Trinajstić information content (AvgIpc) is 2.13. The van der Waals surface area contributed by atoms with Crippen molar-refractivity contribution in [2.24, 2.45) is 0 Å². The molecule has 1 aromatic carbocycles. The van der Waals surface area contributed by atoms with Crippen LogP contribution in [0.15, 0.2) is 25.6 Å². The van der Waals surface area contributed by atoms with Gasteiger partial charge in [0.2, 0.25) is 0 Å². The molecule has 0 bridgehead atoms. The highest BCUT2D eigenvalue weighted by Crippen LogP contribution is 2.36. The highest BCUT2D eigenvalue weighted by atomic mass is 79.9. The molecule has 1 atom stereocenters. The number of hydrogen-bond donors (Lipinski definition) is 0. The summed E-state index contributed by atoms with van der Waals surface area (Å²) in [5.74, 6) is 0.993. The molecule has 0 aliphatic carbocycles. The number of halogens is 4. The Labute approximate surface area is 108 Å². The van der Waals surface area contributed by atoms with Crippen LogP contribution in [-0.4, -0.2) is 5.88 Å². The molecule has 0 spiro atoms. The molecule has 72 valence electrons. The first-order chi connectivity index (χ1) is 6.07. The molecular formula is C9H8Br3Cl. The average molecular weight is 391 g/mol. The van der Waals surface area contributed by atoms with Gasteiger partial charge in [-0.05, 0) is 65.3 Å². The monoisotopic (exact) mass is 388 g/mol. The van der Waals surface area contributed by atoms with E-state index in [1.165, 1.54) is 5.56 Å². The van der Waals surface area contributed by atoms with Crippen molar-refractivity contribution < 1.29 is 0 Å². The first-order valence-corrected chi connectivity index (χ1v) is 6.68. The zero-order chi connectivity index (χ0) is 10.0. The van der Waals surface area contributed by atoms with E-state index in [1.54, 1.807) is 0 Å². The molecule has 0 saturated carbocycles. The maximum atomic E-state index is 5.80. The van der Waals surface area contributed by atoms with Gasteiger partial charge in [0.15, 0.2) is 0 Å². The molecule has 0 heterocycles. The molecule has 0 N–H and O–H groups in total. The van der Waals surface area contributed by atoms with Crippen molar-refractivity contribution in [1.82, 2.24) is 0 Å². The number of hydrogen-bond acceptors (Lipinski definition) is 0. The van der Waals surface area contributed by atoms with Crippen LogP contribution in [-0.2, 0) is 0 Å². The van der Waals surface area contributed by atoms with E-state index in [9.17, 15) is 0 Å². The normalized spacial score (nSPS) is 13.0. The zero-order valence-corrected chi connectivity index (χ0v) is 12.5. The fraction of sp³-hybridized carbons (Fsp3) is 0.333. The molecule has 1 rings (SSSR count). The second kappa shape index (κ2) is 5.15. The predicted octanol–water partition coefficient (Wildman–Crippen LogP) is 5.32. The van der Waals surface area contributed by atoms with E-state index in [-0.39, 0.29) is 0 Å². The van der Waals surface area contributed by atoms with Crippen LogP contribution in [0.4, 0.5) is 0 Å². The predicted molar refractivity (Wildman–Crippen MR) is 68.7 cm³/mol. The molecule has 1 unspecified atom stereocenters. The SMILES string of the molecule is CC(CCl)c1ccc(Br)c(Br)c1Br. The summed E-state index contributed by atoms with van der Waals surface area (Å²) in [5.41, 5.74) is 1.23. The minimum Gasteiger partial charge on any atom is -0.126 e. The Kier molecular flexibility index (Phi) is 4.76. The Hall–Kier alpha value is 0.950. The van der Waals surface area contributed by atoms with Crippen LogP contribution >= 0.6 is 59.4 Å². The Morgan fingerprint density at radius 3 is 2.38 bits per heavy atom. The first kappa shape index (κ1) is 12.0. The second-order valence-corrected chi connectivity index (χ2v) is 5.57. The summed E-state index contributed by atoms with van der Waals surface area (Å²) in [7, 11) is 0. The second-order valence-electron chi connectivity index (χ2n) is 2.82. The van der Waals surface area contributed by atoms with Gasteiger partial charge in [-0.15, -0.1) is 11.6 Å². The van der Waals surface area contributed by atoms with Crippen molar-refractivity contribution >= 4 is 59.4 Å². The van der Waals surface area contributed by atoms with Gasteiger partial charge in [0.25, 0.3) is 0 Å². The smallest absolute Gasteiger partial charge is 0.0462 e. The molecular weight excluding hydrogens is 383 g/mol. The minimum atomic E-state index is 0.362. The molecule has 0 radical (unpaired) electrons. The quantitative estimate of drug-likeness (QED) is 0.473. The van der Waals surface area contributed by atoms with Crippen LogP contribution in [0.2, 0.25) is 0 Å². The summed E-state index contributed by atoms with van der Waals surface area (Å²) >= 11 is 16.3. The molecule has 0 fully saturated rings. The van der Waals surface area contributed by atoms with Gasteiger partial charge in [-0.2, -0.15) is 0 Å². The van der Waals surface area contributed by atoms with Crippen molar-refractivity contribution in [3.63, 3.8) is 0 Å². The lowest BCUT2D eigenvalue weighted by Gasteiger charge is -2.12. The topological polar surface area (TPSA) is 0 Å². The van der Waals surface area contributed by atoms with Crippen LogP contribution in [0, 0.1) is 0 Å². The Bertz CT molecular complexity index is 312. The highest BCUT2D eigenvalue weighted by Gasteiger charge is 2.12. The largest absolute Gasteiger partial charge is 0.126 e. The van der Waals surface area contributed by atoms with E-state index in [0.717, 1.165) is 13.4 Å². The van der Waals surface area contributed by atoms with E-state index in [2.05, 4.69) is 60.8 Å². The third-order valence-electron chi connectivity index (χ3n) is 1.83. The van der Waals surface area contributed by atoms with E-state index in [1.807, 2.05) is 6.07 Å². The van der Waals surface area contributed by atoms with Crippen LogP contribution in [0.5, 0.6) is 0 Å². The molecule has 4 heteroatoms. The fourth-order valence-corrected chi connectivity index (χ4v) is 2.86. The highest BCUT2D eigenvalue weighted by molar-refractivity contribution is 9.14. The van der Waals surface area contributed by atoms with Gasteiger partial charge in [0.1, 0.15) is 0 Å². The van der Waals surface area contributed by atoms with Crippen LogP contribution in [0.25, 0.3) is 0 Å². The Morgan fingerprint density at radius 2 is 1.85 bits per heavy atom. The van der Waals surface area contributed by atoms with Gasteiger partial charge < -0.3 is 0 Å². The van der Waals surface area contributed by atoms with E-state index < -0.39 is 0 Å². The van der Waals surface area contributed by atoms with Gasteiger partial charge >= 0.3 is 0 Å². The van der Waals surface area contributed by atoms with E-state index >= 15 is 0 Å². The number of alkyl halides is 1. The summed E-state index contributed by atoms with van der Waals surface area (Å²) in [6, 6.07) is 4.10. The van der Waals surface area contributed by atoms with Gasteiger partial charge in [-0.3, -0.25) is 0 Å². The summed E-state index contributed by atoms with van der Waals surface area (Å²) in [6.45, 7) is 2.10. The zero-order valence-electron chi connectivity index (χ0n) is 6.95. The van der Waals surface area contributed by atoms with Crippen LogP contribution in [0.1, 0.15) is 18.4 Å². The summed E-state index contributed by atoms with van der Waals surface area (Å²) < 4.78 is 3.17. The lowest BCUT2D eigenvalue weighted by atomic mass is 10.0. The van der Waals surface area contributed by atoms with Crippen molar-refractivity contribution in [2.75, 3.05) is 5.88 Å². The first-order valence-electron chi connectivity index (χ1n) is 3.77. The third kappa shape index (κ3) is 2.71. The number of benzene rings is 1. The molecule has 1 aromatic rings. The summed E-state index contributed by atoms with van der Waals surface area (Å²) in [6.07, 6.45) is 0. The lowest BCUT2D eigenvalue weighted by Crippen LogP contribution is -1.96. The lowest BCUT2D eigenvalue weighted by molar-refractivity contribution is 0.867.